The number of anilines is 1. The number of carbonyl (C=O) groups is 1. The Labute approximate surface area is 106 Å². The van der Waals surface area contributed by atoms with Crippen LogP contribution in [-0.4, -0.2) is 27.0 Å². The predicted octanol–water partition coefficient (Wildman–Crippen LogP) is 1.17. The Kier molecular flexibility index (Phi) is 3.58. The first-order valence-electron chi connectivity index (χ1n) is 5.19. The third-order valence-corrected chi connectivity index (χ3v) is 2.65. The zero-order chi connectivity index (χ0) is 12.3. The molecule has 2 rings (SSSR count). The van der Waals surface area contributed by atoms with E-state index in [4.69, 9.17) is 5.73 Å². The van der Waals surface area contributed by atoms with Crippen LogP contribution >= 0.6 is 15.9 Å². The molecular weight excluding hydrogens is 286 g/mol. The quantitative estimate of drug-likeness (QED) is 0.811. The van der Waals surface area contributed by atoms with Crippen molar-refractivity contribution in [3.05, 3.63) is 22.8 Å². The number of aromatic nitrogens is 3. The number of hydrogen-bond donors (Lipinski definition) is 2. The summed E-state index contributed by atoms with van der Waals surface area (Å²) < 4.78 is 2.62. The first kappa shape index (κ1) is 11.8. The molecule has 0 saturated heterocycles. The maximum atomic E-state index is 10.5. The van der Waals surface area contributed by atoms with Gasteiger partial charge in [0.25, 0.3) is 0 Å². The second-order valence-corrected chi connectivity index (χ2v) is 4.50. The van der Waals surface area contributed by atoms with Crippen molar-refractivity contribution in [2.45, 2.75) is 12.8 Å². The van der Waals surface area contributed by atoms with Crippen LogP contribution in [0.2, 0.25) is 0 Å². The number of primary amides is 1. The van der Waals surface area contributed by atoms with Gasteiger partial charge in [-0.2, -0.15) is 4.98 Å². The molecule has 0 aliphatic heterocycles. The molecule has 0 bridgehead atoms. The summed E-state index contributed by atoms with van der Waals surface area (Å²) in [6.07, 6.45) is 2.87. The normalized spacial score (nSPS) is 10.6. The number of nitrogens with zero attached hydrogens (tertiary/aromatic N) is 3. The minimum absolute atomic E-state index is 0.293. The highest BCUT2D eigenvalue weighted by atomic mass is 79.9. The Bertz CT molecular complexity index is 538. The van der Waals surface area contributed by atoms with Crippen molar-refractivity contribution in [3.63, 3.8) is 0 Å². The number of carbonyl (C=O) groups excluding carboxylic acids is 1. The smallest absolute Gasteiger partial charge is 0.243 e. The van der Waals surface area contributed by atoms with Crippen LogP contribution in [0.5, 0.6) is 0 Å². The molecule has 3 N–H and O–H groups in total. The van der Waals surface area contributed by atoms with Crippen molar-refractivity contribution in [2.24, 2.45) is 5.73 Å². The number of fused-ring (bicyclic) bond motifs is 1. The Morgan fingerprint density at radius 1 is 1.53 bits per heavy atom. The minimum Gasteiger partial charge on any atom is -0.370 e. The van der Waals surface area contributed by atoms with E-state index in [9.17, 15) is 4.79 Å². The number of pyridine rings is 1. The van der Waals surface area contributed by atoms with Gasteiger partial charge in [0.15, 0.2) is 5.65 Å². The molecule has 0 aromatic carbocycles. The molecule has 2 aromatic heterocycles. The van der Waals surface area contributed by atoms with Crippen molar-refractivity contribution in [1.82, 2.24) is 14.6 Å². The van der Waals surface area contributed by atoms with Crippen molar-refractivity contribution in [2.75, 3.05) is 11.9 Å². The fraction of sp³-hybridized carbons (Fsp3) is 0.300. The summed E-state index contributed by atoms with van der Waals surface area (Å²) in [6.45, 7) is 0.626. The number of halogens is 1. The van der Waals surface area contributed by atoms with Gasteiger partial charge in [0.1, 0.15) is 0 Å². The Morgan fingerprint density at radius 3 is 3.12 bits per heavy atom. The van der Waals surface area contributed by atoms with Gasteiger partial charge in [-0.3, -0.25) is 4.79 Å². The molecule has 0 unspecified atom stereocenters. The van der Waals surface area contributed by atoms with Gasteiger partial charge < -0.3 is 11.1 Å². The van der Waals surface area contributed by atoms with Crippen molar-refractivity contribution < 1.29 is 4.79 Å². The average molecular weight is 298 g/mol. The summed E-state index contributed by atoms with van der Waals surface area (Å²) in [6, 6.07) is 3.77. The molecular formula is C10H12BrN5O. The van der Waals surface area contributed by atoms with E-state index in [1.54, 1.807) is 4.52 Å². The van der Waals surface area contributed by atoms with E-state index in [0.717, 1.165) is 10.1 Å². The average Bonchev–Trinajstić information content (AvgIpc) is 2.66. The lowest BCUT2D eigenvalue weighted by molar-refractivity contribution is -0.118. The van der Waals surface area contributed by atoms with Gasteiger partial charge >= 0.3 is 0 Å². The summed E-state index contributed by atoms with van der Waals surface area (Å²) in [5.41, 5.74) is 5.81. The second-order valence-electron chi connectivity index (χ2n) is 3.58. The molecule has 0 aliphatic carbocycles. The molecule has 1 amide bonds. The van der Waals surface area contributed by atoms with Crippen molar-refractivity contribution >= 4 is 33.4 Å². The van der Waals surface area contributed by atoms with Gasteiger partial charge in [0, 0.05) is 23.6 Å². The molecule has 90 valence electrons. The van der Waals surface area contributed by atoms with E-state index in [-0.39, 0.29) is 5.91 Å². The number of rotatable bonds is 5. The summed E-state index contributed by atoms with van der Waals surface area (Å²) >= 11 is 3.36. The molecule has 0 saturated carbocycles. The lowest BCUT2D eigenvalue weighted by Gasteiger charge is -1.98. The topological polar surface area (TPSA) is 85.3 Å². The highest BCUT2D eigenvalue weighted by Gasteiger charge is 2.03. The molecule has 0 atom stereocenters. The SMILES string of the molecule is NC(=O)CCCNc1nc2ccc(Br)cn2n1. The van der Waals surface area contributed by atoms with Crippen LogP contribution in [0.15, 0.2) is 22.8 Å². The zero-order valence-corrected chi connectivity index (χ0v) is 10.6. The first-order chi connectivity index (χ1) is 8.15. The third kappa shape index (κ3) is 3.16. The van der Waals surface area contributed by atoms with E-state index >= 15 is 0 Å². The van der Waals surface area contributed by atoms with Crippen LogP contribution in [0.1, 0.15) is 12.8 Å². The van der Waals surface area contributed by atoms with Gasteiger partial charge in [0.2, 0.25) is 11.9 Å². The van der Waals surface area contributed by atoms with Crippen molar-refractivity contribution in [1.29, 1.82) is 0 Å². The van der Waals surface area contributed by atoms with Gasteiger partial charge in [-0.05, 0) is 34.5 Å². The van der Waals surface area contributed by atoms with Gasteiger partial charge in [0.05, 0.1) is 0 Å². The van der Waals surface area contributed by atoms with Crippen LogP contribution in [0.3, 0.4) is 0 Å². The second kappa shape index (κ2) is 5.13. The largest absolute Gasteiger partial charge is 0.370 e. The molecule has 0 aliphatic rings. The predicted molar refractivity (Wildman–Crippen MR) is 67.6 cm³/mol. The lowest BCUT2D eigenvalue weighted by Crippen LogP contribution is -2.13. The van der Waals surface area contributed by atoms with E-state index in [0.29, 0.717) is 25.3 Å². The van der Waals surface area contributed by atoms with E-state index in [1.807, 2.05) is 18.3 Å². The van der Waals surface area contributed by atoms with Crippen LogP contribution in [0.4, 0.5) is 5.95 Å². The molecule has 17 heavy (non-hydrogen) atoms. The van der Waals surface area contributed by atoms with E-state index < -0.39 is 0 Å². The molecule has 0 radical (unpaired) electrons. The fourth-order valence-electron chi connectivity index (χ4n) is 1.40. The lowest BCUT2D eigenvalue weighted by atomic mass is 10.3. The number of nitrogens with one attached hydrogen (secondary N) is 1. The summed E-state index contributed by atoms with van der Waals surface area (Å²) in [5, 5.41) is 7.28. The maximum absolute atomic E-state index is 10.5. The van der Waals surface area contributed by atoms with Gasteiger partial charge in [-0.1, -0.05) is 0 Å². The van der Waals surface area contributed by atoms with Crippen LogP contribution in [0.25, 0.3) is 5.65 Å². The number of nitrogens with two attached hydrogens (primary N) is 1. The highest BCUT2D eigenvalue weighted by molar-refractivity contribution is 9.10. The molecule has 0 fully saturated rings. The Balaban J connectivity index is 1.97. The molecule has 0 spiro atoms. The fourth-order valence-corrected chi connectivity index (χ4v) is 1.72. The Hall–Kier alpha value is -1.63. The van der Waals surface area contributed by atoms with Crippen LogP contribution < -0.4 is 11.1 Å². The molecule has 7 heteroatoms. The first-order valence-corrected chi connectivity index (χ1v) is 5.98. The molecule has 2 aromatic rings. The Morgan fingerprint density at radius 2 is 2.35 bits per heavy atom. The van der Waals surface area contributed by atoms with E-state index in [1.165, 1.54) is 0 Å². The summed E-state index contributed by atoms with van der Waals surface area (Å²) in [5.74, 6) is 0.256. The summed E-state index contributed by atoms with van der Waals surface area (Å²) in [4.78, 5) is 14.8. The maximum Gasteiger partial charge on any atom is 0.243 e. The van der Waals surface area contributed by atoms with Crippen LogP contribution in [0, 0.1) is 0 Å². The third-order valence-electron chi connectivity index (χ3n) is 2.18. The zero-order valence-electron chi connectivity index (χ0n) is 9.06. The van der Waals surface area contributed by atoms with E-state index in [2.05, 4.69) is 31.3 Å². The highest BCUT2D eigenvalue weighted by Crippen LogP contribution is 2.12. The minimum atomic E-state index is -0.293. The molecule has 2 heterocycles. The molecule has 6 nitrogen and oxygen atoms in total. The standard InChI is InChI=1S/C10H12BrN5O/c11-7-3-4-9-14-10(15-16(9)6-7)13-5-1-2-8(12)17/h3-4,6H,1-2,5H2,(H2,12,17)(H,13,15). The summed E-state index contributed by atoms with van der Waals surface area (Å²) in [7, 11) is 0. The van der Waals surface area contributed by atoms with Gasteiger partial charge in [-0.15, -0.1) is 5.10 Å². The van der Waals surface area contributed by atoms with Crippen molar-refractivity contribution in [3.8, 4) is 0 Å². The monoisotopic (exact) mass is 297 g/mol. The van der Waals surface area contributed by atoms with Crippen LogP contribution in [-0.2, 0) is 4.79 Å². The number of amides is 1. The van der Waals surface area contributed by atoms with Gasteiger partial charge in [-0.25, -0.2) is 4.52 Å². The number of hydrogen-bond acceptors (Lipinski definition) is 4.